The van der Waals surface area contributed by atoms with E-state index < -0.39 is 5.60 Å². The smallest absolute Gasteiger partial charge is 0.191 e. The fourth-order valence-electron chi connectivity index (χ4n) is 1.42. The number of rotatable bonds is 7. The Morgan fingerprint density at radius 3 is 2.65 bits per heavy atom. The molecule has 0 unspecified atom stereocenters. The zero-order chi connectivity index (χ0) is 12.9. The molecular weight excluding hydrogens is 236 g/mol. The van der Waals surface area contributed by atoms with Crippen LogP contribution in [-0.4, -0.2) is 31.2 Å². The Morgan fingerprint density at radius 2 is 2.12 bits per heavy atom. The third-order valence-corrected chi connectivity index (χ3v) is 3.34. The molecular formula is C11H22N4OS. The van der Waals surface area contributed by atoms with Crippen LogP contribution >= 0.6 is 11.8 Å². The van der Waals surface area contributed by atoms with E-state index in [1.54, 1.807) is 11.8 Å². The summed E-state index contributed by atoms with van der Waals surface area (Å²) in [6.45, 7) is 7.06. The van der Waals surface area contributed by atoms with Crippen LogP contribution in [0, 0.1) is 0 Å². The third kappa shape index (κ3) is 4.65. The first-order chi connectivity index (χ1) is 7.98. The number of nitrogens with two attached hydrogens (primary N) is 1. The molecule has 17 heavy (non-hydrogen) atoms. The highest BCUT2D eigenvalue weighted by molar-refractivity contribution is 7.99. The lowest BCUT2D eigenvalue weighted by atomic mass is 10.1. The SMILES string of the molecule is CCCn1c(CN)nnc1SCCC(C)(C)O. The van der Waals surface area contributed by atoms with Crippen molar-refractivity contribution in [2.75, 3.05) is 5.75 Å². The summed E-state index contributed by atoms with van der Waals surface area (Å²) in [7, 11) is 0. The molecule has 0 aliphatic carbocycles. The van der Waals surface area contributed by atoms with Gasteiger partial charge in [0.1, 0.15) is 5.82 Å². The Hall–Kier alpha value is -0.590. The van der Waals surface area contributed by atoms with E-state index in [2.05, 4.69) is 21.7 Å². The maximum absolute atomic E-state index is 9.64. The van der Waals surface area contributed by atoms with Crippen molar-refractivity contribution in [1.82, 2.24) is 14.8 Å². The van der Waals surface area contributed by atoms with Crippen LogP contribution in [0.4, 0.5) is 0 Å². The van der Waals surface area contributed by atoms with Crippen LogP contribution in [0.5, 0.6) is 0 Å². The molecule has 0 atom stereocenters. The van der Waals surface area contributed by atoms with Crippen molar-refractivity contribution in [3.63, 3.8) is 0 Å². The molecule has 0 aromatic carbocycles. The lowest BCUT2D eigenvalue weighted by molar-refractivity contribution is 0.0777. The van der Waals surface area contributed by atoms with Crippen molar-refractivity contribution in [2.45, 2.75) is 57.5 Å². The Labute approximate surface area is 107 Å². The van der Waals surface area contributed by atoms with Gasteiger partial charge in [-0.1, -0.05) is 18.7 Å². The minimum absolute atomic E-state index is 0.416. The number of hydrogen-bond acceptors (Lipinski definition) is 5. The minimum atomic E-state index is -0.626. The Balaban J connectivity index is 2.61. The highest BCUT2D eigenvalue weighted by Crippen LogP contribution is 2.21. The van der Waals surface area contributed by atoms with Crippen LogP contribution < -0.4 is 5.73 Å². The Bertz CT molecular complexity index is 346. The molecule has 5 nitrogen and oxygen atoms in total. The van der Waals surface area contributed by atoms with Gasteiger partial charge in [0.2, 0.25) is 0 Å². The molecule has 3 N–H and O–H groups in total. The first kappa shape index (κ1) is 14.5. The van der Waals surface area contributed by atoms with Gasteiger partial charge in [0.05, 0.1) is 12.1 Å². The fraction of sp³-hybridized carbons (Fsp3) is 0.818. The normalized spacial score (nSPS) is 12.1. The molecule has 1 aromatic heterocycles. The molecule has 1 rings (SSSR count). The average molecular weight is 258 g/mol. The van der Waals surface area contributed by atoms with E-state index in [1.165, 1.54) is 0 Å². The van der Waals surface area contributed by atoms with E-state index in [0.29, 0.717) is 6.54 Å². The van der Waals surface area contributed by atoms with Gasteiger partial charge in [-0.25, -0.2) is 0 Å². The highest BCUT2D eigenvalue weighted by atomic mass is 32.2. The molecule has 0 fully saturated rings. The van der Waals surface area contributed by atoms with Crippen molar-refractivity contribution in [3.05, 3.63) is 5.82 Å². The van der Waals surface area contributed by atoms with Gasteiger partial charge in [0, 0.05) is 12.3 Å². The lowest BCUT2D eigenvalue weighted by Crippen LogP contribution is -2.19. The average Bonchev–Trinajstić information content (AvgIpc) is 2.60. The first-order valence-electron chi connectivity index (χ1n) is 5.95. The quantitative estimate of drug-likeness (QED) is 0.723. The molecule has 0 saturated carbocycles. The van der Waals surface area contributed by atoms with Crippen molar-refractivity contribution in [1.29, 1.82) is 0 Å². The van der Waals surface area contributed by atoms with Gasteiger partial charge in [-0.2, -0.15) is 0 Å². The number of aliphatic hydroxyl groups is 1. The minimum Gasteiger partial charge on any atom is -0.390 e. The molecule has 0 aliphatic rings. The van der Waals surface area contributed by atoms with Gasteiger partial charge < -0.3 is 15.4 Å². The summed E-state index contributed by atoms with van der Waals surface area (Å²) >= 11 is 1.62. The number of nitrogens with zero attached hydrogens (tertiary/aromatic N) is 3. The summed E-state index contributed by atoms with van der Waals surface area (Å²) in [6, 6.07) is 0. The van der Waals surface area contributed by atoms with Crippen LogP contribution in [0.15, 0.2) is 5.16 Å². The molecule has 0 bridgehead atoms. The van der Waals surface area contributed by atoms with Crippen LogP contribution in [0.2, 0.25) is 0 Å². The number of thioether (sulfide) groups is 1. The van der Waals surface area contributed by atoms with Gasteiger partial charge >= 0.3 is 0 Å². The summed E-state index contributed by atoms with van der Waals surface area (Å²) in [4.78, 5) is 0. The van der Waals surface area contributed by atoms with Crippen molar-refractivity contribution < 1.29 is 5.11 Å². The summed E-state index contributed by atoms with van der Waals surface area (Å²) in [5, 5.41) is 18.8. The van der Waals surface area contributed by atoms with Gasteiger partial charge in [0.15, 0.2) is 5.16 Å². The molecule has 0 amide bonds. The monoisotopic (exact) mass is 258 g/mol. The Kier molecular flexibility index (Phi) is 5.42. The van der Waals surface area contributed by atoms with Gasteiger partial charge in [0.25, 0.3) is 0 Å². The van der Waals surface area contributed by atoms with Crippen LogP contribution in [0.25, 0.3) is 0 Å². The molecule has 1 heterocycles. The fourth-order valence-corrected chi connectivity index (χ4v) is 2.65. The topological polar surface area (TPSA) is 77.0 Å². The van der Waals surface area contributed by atoms with Crippen LogP contribution in [-0.2, 0) is 13.1 Å². The van der Waals surface area contributed by atoms with Crippen molar-refractivity contribution in [2.24, 2.45) is 5.73 Å². The lowest BCUT2D eigenvalue weighted by Gasteiger charge is -2.16. The second kappa shape index (κ2) is 6.37. The maximum atomic E-state index is 9.64. The predicted molar refractivity (Wildman–Crippen MR) is 69.8 cm³/mol. The second-order valence-corrected chi connectivity index (χ2v) is 5.73. The predicted octanol–water partition coefficient (Wildman–Crippen LogP) is 1.40. The van der Waals surface area contributed by atoms with E-state index in [-0.39, 0.29) is 0 Å². The molecule has 0 saturated heterocycles. The van der Waals surface area contributed by atoms with Crippen molar-refractivity contribution in [3.8, 4) is 0 Å². The number of hydrogen-bond donors (Lipinski definition) is 2. The molecule has 98 valence electrons. The molecule has 0 spiro atoms. The standard InChI is InChI=1S/C11H22N4OS/c1-4-6-15-9(8-12)13-14-10(15)17-7-5-11(2,3)16/h16H,4-8,12H2,1-3H3. The van der Waals surface area contributed by atoms with Crippen LogP contribution in [0.3, 0.4) is 0 Å². The maximum Gasteiger partial charge on any atom is 0.191 e. The summed E-state index contributed by atoms with van der Waals surface area (Å²) < 4.78 is 2.06. The van der Waals surface area contributed by atoms with Gasteiger partial charge in [-0.15, -0.1) is 10.2 Å². The second-order valence-electron chi connectivity index (χ2n) is 4.67. The van der Waals surface area contributed by atoms with E-state index in [1.807, 2.05) is 13.8 Å². The third-order valence-electron chi connectivity index (χ3n) is 2.37. The van der Waals surface area contributed by atoms with Crippen LogP contribution in [0.1, 0.15) is 39.4 Å². The summed E-state index contributed by atoms with van der Waals surface area (Å²) in [5.74, 6) is 1.66. The molecule has 0 aliphatic heterocycles. The molecule has 1 aromatic rings. The molecule has 6 heteroatoms. The summed E-state index contributed by atoms with van der Waals surface area (Å²) in [5.41, 5.74) is 4.99. The van der Waals surface area contributed by atoms with E-state index >= 15 is 0 Å². The van der Waals surface area contributed by atoms with Gasteiger partial charge in [-0.05, 0) is 26.7 Å². The number of aromatic nitrogens is 3. The van der Waals surface area contributed by atoms with E-state index in [4.69, 9.17) is 5.73 Å². The zero-order valence-electron chi connectivity index (χ0n) is 10.8. The summed E-state index contributed by atoms with van der Waals surface area (Å²) in [6.07, 6.45) is 1.76. The highest BCUT2D eigenvalue weighted by Gasteiger charge is 2.15. The van der Waals surface area contributed by atoms with E-state index in [9.17, 15) is 5.11 Å². The van der Waals surface area contributed by atoms with Gasteiger partial charge in [-0.3, -0.25) is 0 Å². The first-order valence-corrected chi connectivity index (χ1v) is 6.94. The van der Waals surface area contributed by atoms with Crippen molar-refractivity contribution >= 4 is 11.8 Å². The zero-order valence-corrected chi connectivity index (χ0v) is 11.6. The Morgan fingerprint density at radius 1 is 1.41 bits per heavy atom. The molecule has 0 radical (unpaired) electrons. The van der Waals surface area contributed by atoms with E-state index in [0.717, 1.165) is 36.1 Å². The largest absolute Gasteiger partial charge is 0.390 e.